The minimum atomic E-state index is 0.515. The van der Waals surface area contributed by atoms with E-state index in [0.717, 1.165) is 17.4 Å². The summed E-state index contributed by atoms with van der Waals surface area (Å²) in [7, 11) is 4.03. The summed E-state index contributed by atoms with van der Waals surface area (Å²) in [4.78, 5) is 9.09. The minimum Gasteiger partial charge on any atom is -0.381 e. The molecule has 1 aliphatic rings. The van der Waals surface area contributed by atoms with Gasteiger partial charge in [0, 0.05) is 20.1 Å². The second-order valence-corrected chi connectivity index (χ2v) is 6.41. The third-order valence-corrected chi connectivity index (χ3v) is 4.48. The fourth-order valence-electron chi connectivity index (χ4n) is 3.11. The van der Waals surface area contributed by atoms with Crippen LogP contribution >= 0.6 is 0 Å². The van der Waals surface area contributed by atoms with Gasteiger partial charge in [0.25, 0.3) is 0 Å². The molecule has 1 fully saturated rings. The number of anilines is 2. The van der Waals surface area contributed by atoms with Crippen molar-refractivity contribution < 1.29 is 0 Å². The van der Waals surface area contributed by atoms with Crippen molar-refractivity contribution in [2.45, 2.75) is 39.2 Å². The van der Waals surface area contributed by atoms with Crippen LogP contribution in [0.4, 0.5) is 11.5 Å². The van der Waals surface area contributed by atoms with E-state index in [0.29, 0.717) is 6.04 Å². The molecule has 1 aromatic rings. The highest BCUT2D eigenvalue weighted by Gasteiger charge is 2.23. The highest BCUT2D eigenvalue weighted by Crippen LogP contribution is 2.23. The molecule has 2 heterocycles. The lowest BCUT2D eigenvalue weighted by Crippen LogP contribution is -2.39. The summed E-state index contributed by atoms with van der Waals surface area (Å²) in [6, 6.07) is 4.71. The van der Waals surface area contributed by atoms with Gasteiger partial charge in [0.1, 0.15) is 5.82 Å². The number of aromatic nitrogens is 1. The Hall–Kier alpha value is -1.29. The molecule has 0 amide bonds. The number of nitrogens with zero attached hydrogens (tertiary/aromatic N) is 3. The number of hydrogen-bond acceptors (Lipinski definition) is 4. The van der Waals surface area contributed by atoms with Crippen molar-refractivity contribution in [2.75, 3.05) is 43.9 Å². The summed E-state index contributed by atoms with van der Waals surface area (Å²) in [6.45, 7) is 8.33. The van der Waals surface area contributed by atoms with Crippen LogP contribution in [0.1, 0.15) is 33.1 Å². The molecule has 4 heteroatoms. The maximum Gasteiger partial charge on any atom is 0.128 e. The molecule has 0 aliphatic carbocycles. The lowest BCUT2D eigenvalue weighted by Gasteiger charge is -2.35. The van der Waals surface area contributed by atoms with Crippen LogP contribution in [0, 0.1) is 5.92 Å². The SMILES string of the molecule is CCCN1CCC(C(C)Nc2ccc(N(C)C)nc2)CC1. The Morgan fingerprint density at radius 3 is 2.57 bits per heavy atom. The Morgan fingerprint density at radius 2 is 2.05 bits per heavy atom. The molecular formula is C17H30N4. The number of nitrogens with one attached hydrogen (secondary N) is 1. The van der Waals surface area contributed by atoms with E-state index < -0.39 is 0 Å². The molecule has 4 nitrogen and oxygen atoms in total. The van der Waals surface area contributed by atoms with Gasteiger partial charge < -0.3 is 15.1 Å². The van der Waals surface area contributed by atoms with Gasteiger partial charge in [-0.15, -0.1) is 0 Å². The maximum absolute atomic E-state index is 4.47. The highest BCUT2D eigenvalue weighted by molar-refractivity contribution is 5.48. The first-order valence-electron chi connectivity index (χ1n) is 8.22. The number of likely N-dealkylation sites (tertiary alicyclic amines) is 1. The summed E-state index contributed by atoms with van der Waals surface area (Å²) in [6.07, 6.45) is 5.81. The van der Waals surface area contributed by atoms with Crippen molar-refractivity contribution in [3.05, 3.63) is 18.3 Å². The molecular weight excluding hydrogens is 260 g/mol. The zero-order valence-corrected chi connectivity index (χ0v) is 14.0. The van der Waals surface area contributed by atoms with Crippen LogP contribution < -0.4 is 10.2 Å². The molecule has 2 rings (SSSR count). The Morgan fingerprint density at radius 1 is 1.33 bits per heavy atom. The van der Waals surface area contributed by atoms with Crippen LogP contribution in [-0.2, 0) is 0 Å². The Balaban J connectivity index is 1.83. The van der Waals surface area contributed by atoms with Gasteiger partial charge >= 0.3 is 0 Å². The van der Waals surface area contributed by atoms with Crippen LogP contribution in [-0.4, -0.2) is 49.7 Å². The van der Waals surface area contributed by atoms with Gasteiger partial charge in [0.2, 0.25) is 0 Å². The predicted molar refractivity (Wildman–Crippen MR) is 91.1 cm³/mol. The van der Waals surface area contributed by atoms with E-state index in [9.17, 15) is 0 Å². The summed E-state index contributed by atoms with van der Waals surface area (Å²) >= 11 is 0. The molecule has 1 aromatic heterocycles. The van der Waals surface area contributed by atoms with E-state index in [2.05, 4.69) is 41.2 Å². The van der Waals surface area contributed by atoms with Gasteiger partial charge in [-0.1, -0.05) is 6.92 Å². The maximum atomic E-state index is 4.47. The Bertz CT molecular complexity index is 407. The Kier molecular flexibility index (Phi) is 5.85. The summed E-state index contributed by atoms with van der Waals surface area (Å²) in [5.74, 6) is 1.77. The third kappa shape index (κ3) is 4.60. The molecule has 1 saturated heterocycles. The first-order valence-corrected chi connectivity index (χ1v) is 8.22. The van der Waals surface area contributed by atoms with Crippen LogP contribution in [0.5, 0.6) is 0 Å². The Labute approximate surface area is 129 Å². The highest BCUT2D eigenvalue weighted by atomic mass is 15.1. The smallest absolute Gasteiger partial charge is 0.128 e. The van der Waals surface area contributed by atoms with Crippen LogP contribution in [0.15, 0.2) is 18.3 Å². The standard InChI is InChI=1S/C17H30N4/c1-5-10-21-11-8-15(9-12-21)14(2)19-16-6-7-17(18-13-16)20(3)4/h6-7,13-15,19H,5,8-12H2,1-4H3. The summed E-state index contributed by atoms with van der Waals surface area (Å²) in [5.41, 5.74) is 1.13. The van der Waals surface area contributed by atoms with Crippen molar-refractivity contribution in [3.8, 4) is 0 Å². The fourth-order valence-corrected chi connectivity index (χ4v) is 3.11. The minimum absolute atomic E-state index is 0.515. The molecule has 1 N–H and O–H groups in total. The molecule has 1 atom stereocenters. The van der Waals surface area contributed by atoms with E-state index in [1.165, 1.54) is 38.9 Å². The molecule has 0 radical (unpaired) electrons. The largest absolute Gasteiger partial charge is 0.381 e. The van der Waals surface area contributed by atoms with Gasteiger partial charge in [-0.3, -0.25) is 0 Å². The summed E-state index contributed by atoms with van der Waals surface area (Å²) in [5, 5.41) is 3.63. The van der Waals surface area contributed by atoms with Crippen molar-refractivity contribution in [3.63, 3.8) is 0 Å². The van der Waals surface area contributed by atoms with Crippen molar-refractivity contribution >= 4 is 11.5 Å². The lowest BCUT2D eigenvalue weighted by atomic mass is 9.90. The van der Waals surface area contributed by atoms with Gasteiger partial charge in [0.15, 0.2) is 0 Å². The van der Waals surface area contributed by atoms with Gasteiger partial charge in [-0.25, -0.2) is 4.98 Å². The number of pyridine rings is 1. The van der Waals surface area contributed by atoms with Crippen LogP contribution in [0.25, 0.3) is 0 Å². The monoisotopic (exact) mass is 290 g/mol. The molecule has 0 bridgehead atoms. The fraction of sp³-hybridized carbons (Fsp3) is 0.706. The zero-order chi connectivity index (χ0) is 15.2. The average Bonchev–Trinajstić information content (AvgIpc) is 2.49. The van der Waals surface area contributed by atoms with E-state index in [1.54, 1.807) is 0 Å². The molecule has 1 aliphatic heterocycles. The molecule has 21 heavy (non-hydrogen) atoms. The number of piperidine rings is 1. The van der Waals surface area contributed by atoms with Crippen LogP contribution in [0.3, 0.4) is 0 Å². The number of rotatable bonds is 6. The van der Waals surface area contributed by atoms with Crippen LogP contribution in [0.2, 0.25) is 0 Å². The molecule has 0 aromatic carbocycles. The lowest BCUT2D eigenvalue weighted by molar-refractivity contribution is 0.176. The van der Waals surface area contributed by atoms with Gasteiger partial charge in [-0.2, -0.15) is 0 Å². The molecule has 118 valence electrons. The topological polar surface area (TPSA) is 31.4 Å². The predicted octanol–water partition coefficient (Wildman–Crippen LogP) is 3.07. The normalized spacial score (nSPS) is 18.5. The van der Waals surface area contributed by atoms with E-state index in [1.807, 2.05) is 25.2 Å². The first kappa shape index (κ1) is 16.1. The first-order chi connectivity index (χ1) is 10.1. The van der Waals surface area contributed by atoms with Gasteiger partial charge in [0.05, 0.1) is 11.9 Å². The van der Waals surface area contributed by atoms with E-state index >= 15 is 0 Å². The average molecular weight is 290 g/mol. The van der Waals surface area contributed by atoms with Gasteiger partial charge in [-0.05, 0) is 63.9 Å². The quantitative estimate of drug-likeness (QED) is 0.872. The second kappa shape index (κ2) is 7.64. The number of hydrogen-bond donors (Lipinski definition) is 1. The molecule has 0 spiro atoms. The third-order valence-electron chi connectivity index (χ3n) is 4.48. The zero-order valence-electron chi connectivity index (χ0n) is 14.0. The van der Waals surface area contributed by atoms with E-state index in [4.69, 9.17) is 0 Å². The van der Waals surface area contributed by atoms with Crippen molar-refractivity contribution in [2.24, 2.45) is 5.92 Å². The summed E-state index contributed by atoms with van der Waals surface area (Å²) < 4.78 is 0. The second-order valence-electron chi connectivity index (χ2n) is 6.41. The van der Waals surface area contributed by atoms with Crippen molar-refractivity contribution in [1.29, 1.82) is 0 Å². The van der Waals surface area contributed by atoms with E-state index in [-0.39, 0.29) is 0 Å². The molecule has 1 unspecified atom stereocenters. The molecule has 0 saturated carbocycles. The van der Waals surface area contributed by atoms with Crippen molar-refractivity contribution in [1.82, 2.24) is 9.88 Å².